The first-order chi connectivity index (χ1) is 5.16. The molecular weight excluding hydrogens is 152 g/mol. The average Bonchev–Trinajstić information content (AvgIpc) is 2.01. The number of Topliss-reactive ketones (excluding diaryl/α,β-unsaturated/α-hetero) is 2. The van der Waals surface area contributed by atoms with Crippen LogP contribution in [0.25, 0.3) is 0 Å². The fourth-order valence-electron chi connectivity index (χ4n) is 0.821. The van der Waals surface area contributed by atoms with Crippen LogP contribution >= 0.6 is 0 Å². The van der Waals surface area contributed by atoms with Gasteiger partial charge in [0, 0.05) is 0 Å². The molecule has 0 aromatic carbocycles. The Morgan fingerprint density at radius 1 is 1.55 bits per heavy atom. The van der Waals surface area contributed by atoms with Crippen LogP contribution in [-0.2, 0) is 14.3 Å². The lowest BCUT2D eigenvalue weighted by molar-refractivity contribution is -0.160. The van der Waals surface area contributed by atoms with Gasteiger partial charge < -0.3 is 14.9 Å². The third kappa shape index (κ3) is 1.45. The summed E-state index contributed by atoms with van der Waals surface area (Å²) in [5, 5.41) is 17.4. The molecule has 5 nitrogen and oxygen atoms in total. The van der Waals surface area contributed by atoms with Gasteiger partial charge in [0.2, 0.25) is 0 Å². The van der Waals surface area contributed by atoms with Crippen LogP contribution in [0.3, 0.4) is 0 Å². The maximum Gasteiger partial charge on any atom is 0.199 e. The third-order valence-corrected chi connectivity index (χ3v) is 1.48. The van der Waals surface area contributed by atoms with Gasteiger partial charge in [0.15, 0.2) is 17.7 Å². The van der Waals surface area contributed by atoms with Crippen molar-refractivity contribution in [2.24, 2.45) is 0 Å². The number of hydrogen-bond donors (Lipinski definition) is 2. The maximum absolute atomic E-state index is 10.8. The molecule has 5 heteroatoms. The quantitative estimate of drug-likeness (QED) is 0.428. The van der Waals surface area contributed by atoms with Crippen molar-refractivity contribution in [3.8, 4) is 0 Å². The predicted octanol–water partition coefficient (Wildman–Crippen LogP) is -2.12. The standard InChI is InChI=1S/C6H8O5/c7-1-4-6(10)5(9)3(8)2-11-4/h4-5,7,9H,1-2H2. The van der Waals surface area contributed by atoms with Crippen LogP contribution in [0.2, 0.25) is 0 Å². The van der Waals surface area contributed by atoms with E-state index in [-0.39, 0.29) is 6.61 Å². The smallest absolute Gasteiger partial charge is 0.199 e. The van der Waals surface area contributed by atoms with E-state index in [2.05, 4.69) is 4.74 Å². The highest BCUT2D eigenvalue weighted by atomic mass is 16.5. The summed E-state index contributed by atoms with van der Waals surface area (Å²) in [4.78, 5) is 21.4. The molecule has 0 saturated carbocycles. The van der Waals surface area contributed by atoms with Crippen LogP contribution in [-0.4, -0.2) is 47.2 Å². The monoisotopic (exact) mass is 160 g/mol. The molecule has 0 aromatic heterocycles. The summed E-state index contributed by atoms with van der Waals surface area (Å²) < 4.78 is 4.61. The van der Waals surface area contributed by atoms with E-state index in [1.165, 1.54) is 0 Å². The minimum absolute atomic E-state index is 0.307. The second kappa shape index (κ2) is 3.08. The molecule has 1 aliphatic heterocycles. The van der Waals surface area contributed by atoms with E-state index in [4.69, 9.17) is 10.2 Å². The van der Waals surface area contributed by atoms with Crippen LogP contribution < -0.4 is 0 Å². The lowest BCUT2D eigenvalue weighted by Gasteiger charge is -2.22. The Morgan fingerprint density at radius 2 is 2.18 bits per heavy atom. The van der Waals surface area contributed by atoms with Crippen molar-refractivity contribution in [3.63, 3.8) is 0 Å². The predicted molar refractivity (Wildman–Crippen MR) is 32.8 cm³/mol. The van der Waals surface area contributed by atoms with E-state index < -0.39 is 30.4 Å². The molecule has 0 aromatic rings. The van der Waals surface area contributed by atoms with Crippen molar-refractivity contribution in [3.05, 3.63) is 0 Å². The van der Waals surface area contributed by atoms with E-state index in [1.807, 2.05) is 0 Å². The molecule has 1 heterocycles. The summed E-state index contributed by atoms with van der Waals surface area (Å²) in [5.41, 5.74) is 0. The first-order valence-electron chi connectivity index (χ1n) is 3.13. The Morgan fingerprint density at radius 3 is 2.73 bits per heavy atom. The van der Waals surface area contributed by atoms with E-state index in [0.717, 1.165) is 0 Å². The van der Waals surface area contributed by atoms with Crippen LogP contribution in [0, 0.1) is 0 Å². The highest BCUT2D eigenvalue weighted by Gasteiger charge is 2.35. The second-order valence-corrected chi connectivity index (χ2v) is 2.25. The molecular formula is C6H8O5. The molecule has 0 aliphatic carbocycles. The largest absolute Gasteiger partial charge is 0.393 e. The number of ether oxygens (including phenoxy) is 1. The lowest BCUT2D eigenvalue weighted by Crippen LogP contribution is -2.48. The Balaban J connectivity index is 2.67. The van der Waals surface area contributed by atoms with Crippen LogP contribution in [0.5, 0.6) is 0 Å². The zero-order valence-corrected chi connectivity index (χ0v) is 5.69. The number of aliphatic hydroxyl groups is 2. The molecule has 0 amide bonds. The van der Waals surface area contributed by atoms with E-state index >= 15 is 0 Å². The molecule has 1 aliphatic rings. The summed E-state index contributed by atoms with van der Waals surface area (Å²) in [6, 6.07) is 0. The Kier molecular flexibility index (Phi) is 2.33. The summed E-state index contributed by atoms with van der Waals surface area (Å²) >= 11 is 0. The highest BCUT2D eigenvalue weighted by molar-refractivity contribution is 6.09. The zero-order chi connectivity index (χ0) is 8.43. The number of carbonyl (C=O) groups excluding carboxylic acids is 2. The molecule has 0 radical (unpaired) electrons. The summed E-state index contributed by atoms with van der Waals surface area (Å²) in [5.74, 6) is -1.41. The molecule has 1 rings (SSSR count). The van der Waals surface area contributed by atoms with Crippen LogP contribution in [0.1, 0.15) is 0 Å². The minimum Gasteiger partial charge on any atom is -0.393 e. The Bertz CT molecular complexity index is 187. The van der Waals surface area contributed by atoms with Gasteiger partial charge in [-0.2, -0.15) is 0 Å². The Labute approximate surface area is 62.6 Å². The van der Waals surface area contributed by atoms with E-state index in [9.17, 15) is 9.59 Å². The van der Waals surface area contributed by atoms with E-state index in [0.29, 0.717) is 0 Å². The average molecular weight is 160 g/mol. The number of rotatable bonds is 1. The molecule has 62 valence electrons. The fourth-order valence-corrected chi connectivity index (χ4v) is 0.821. The maximum atomic E-state index is 10.8. The lowest BCUT2D eigenvalue weighted by atomic mass is 10.0. The molecule has 2 N–H and O–H groups in total. The van der Waals surface area contributed by atoms with Gasteiger partial charge in [0.05, 0.1) is 6.61 Å². The normalized spacial score (nSPS) is 32.5. The summed E-state index contributed by atoms with van der Waals surface area (Å²) in [7, 11) is 0. The Hall–Kier alpha value is -0.780. The molecule has 1 saturated heterocycles. The van der Waals surface area contributed by atoms with Gasteiger partial charge in [0.1, 0.15) is 12.7 Å². The van der Waals surface area contributed by atoms with Crippen molar-refractivity contribution < 1.29 is 24.5 Å². The molecule has 11 heavy (non-hydrogen) atoms. The summed E-state index contributed by atoms with van der Waals surface area (Å²) in [6.45, 7) is -0.804. The van der Waals surface area contributed by atoms with E-state index in [1.54, 1.807) is 0 Å². The van der Waals surface area contributed by atoms with Gasteiger partial charge in [-0.05, 0) is 0 Å². The van der Waals surface area contributed by atoms with Gasteiger partial charge in [-0.3, -0.25) is 9.59 Å². The first kappa shape index (κ1) is 8.32. The SMILES string of the molecule is O=C1COC(CO)C(=O)C1O. The summed E-state index contributed by atoms with van der Waals surface area (Å²) in [6.07, 6.45) is -2.65. The number of carbonyl (C=O) groups is 2. The van der Waals surface area contributed by atoms with Crippen LogP contribution in [0.15, 0.2) is 0 Å². The topological polar surface area (TPSA) is 83.8 Å². The zero-order valence-electron chi connectivity index (χ0n) is 5.69. The van der Waals surface area contributed by atoms with Gasteiger partial charge in [-0.15, -0.1) is 0 Å². The van der Waals surface area contributed by atoms with Crippen molar-refractivity contribution in [1.82, 2.24) is 0 Å². The first-order valence-corrected chi connectivity index (χ1v) is 3.13. The molecule has 1 fully saturated rings. The molecule has 0 spiro atoms. The second-order valence-electron chi connectivity index (χ2n) is 2.25. The molecule has 2 atom stereocenters. The molecule has 0 bridgehead atoms. The van der Waals surface area contributed by atoms with Gasteiger partial charge in [-0.1, -0.05) is 0 Å². The minimum atomic E-state index is -1.61. The fraction of sp³-hybridized carbons (Fsp3) is 0.667. The van der Waals surface area contributed by atoms with Crippen LogP contribution in [0.4, 0.5) is 0 Å². The number of hydrogen-bond acceptors (Lipinski definition) is 5. The van der Waals surface area contributed by atoms with Gasteiger partial charge in [0.25, 0.3) is 0 Å². The van der Waals surface area contributed by atoms with Gasteiger partial charge >= 0.3 is 0 Å². The van der Waals surface area contributed by atoms with Crippen molar-refractivity contribution >= 4 is 11.6 Å². The van der Waals surface area contributed by atoms with Crippen molar-refractivity contribution in [1.29, 1.82) is 0 Å². The van der Waals surface area contributed by atoms with Gasteiger partial charge in [-0.25, -0.2) is 0 Å². The number of aliphatic hydroxyl groups excluding tert-OH is 2. The van der Waals surface area contributed by atoms with Crippen molar-refractivity contribution in [2.75, 3.05) is 13.2 Å². The highest BCUT2D eigenvalue weighted by Crippen LogP contribution is 2.06. The third-order valence-electron chi connectivity index (χ3n) is 1.48. The number of ketones is 2. The van der Waals surface area contributed by atoms with Crippen molar-refractivity contribution in [2.45, 2.75) is 12.2 Å². The molecule has 2 unspecified atom stereocenters.